The lowest BCUT2D eigenvalue weighted by molar-refractivity contribution is 0.104. The lowest BCUT2D eigenvalue weighted by Gasteiger charge is -2.26. The zero-order chi connectivity index (χ0) is 30.8. The maximum Gasteiger partial charge on any atom is 0.245 e. The molecule has 228 valence electrons. The number of fused-ring (bicyclic) bond motifs is 1. The lowest BCUT2D eigenvalue weighted by atomic mass is 9.97. The molecule has 1 fully saturated rings. The number of sulfonamides is 2. The van der Waals surface area contributed by atoms with Crippen molar-refractivity contribution in [3.05, 3.63) is 77.9 Å². The molecule has 1 saturated heterocycles. The number of ether oxygens (including phenoxy) is 2. The van der Waals surface area contributed by atoms with Crippen molar-refractivity contribution in [2.45, 2.75) is 19.3 Å². The minimum atomic E-state index is -4.09. The highest BCUT2D eigenvalue weighted by atomic mass is 32.3. The number of carbonyl (C=O) groups is 1. The molecular weight excluding hydrogens is 609 g/mol. The van der Waals surface area contributed by atoms with E-state index in [0.717, 1.165) is 42.2 Å². The van der Waals surface area contributed by atoms with Gasteiger partial charge in [-0.1, -0.05) is 18.6 Å². The number of piperidine rings is 1. The van der Waals surface area contributed by atoms with Gasteiger partial charge in [0.25, 0.3) is 0 Å². The van der Waals surface area contributed by atoms with Gasteiger partial charge >= 0.3 is 0 Å². The molecule has 0 radical (unpaired) electrons. The molecule has 9 nitrogen and oxygen atoms in total. The molecule has 0 amide bonds. The summed E-state index contributed by atoms with van der Waals surface area (Å²) < 4.78 is 61.6. The van der Waals surface area contributed by atoms with Crippen LogP contribution in [0.2, 0.25) is 0 Å². The number of hydrogen-bond donors (Lipinski definition) is 0. The molecule has 0 bridgehead atoms. The van der Waals surface area contributed by atoms with Crippen LogP contribution in [0.4, 0.5) is 5.69 Å². The molecule has 0 N–H and O–H groups in total. The van der Waals surface area contributed by atoms with Crippen LogP contribution in [0.15, 0.2) is 66.7 Å². The molecule has 0 atom stereocenters. The van der Waals surface area contributed by atoms with Gasteiger partial charge < -0.3 is 9.47 Å². The fourth-order valence-corrected chi connectivity index (χ4v) is 9.53. The number of benzene rings is 3. The van der Waals surface area contributed by atoms with Crippen molar-refractivity contribution in [1.29, 1.82) is 0 Å². The third kappa shape index (κ3) is 7.04. The number of ketones is 1. The first-order chi connectivity index (χ1) is 20.5. The summed E-state index contributed by atoms with van der Waals surface area (Å²) in [6.07, 6.45) is 5.42. The van der Waals surface area contributed by atoms with E-state index in [1.165, 1.54) is 42.7 Å². The second-order valence-electron chi connectivity index (χ2n) is 10.5. The highest BCUT2D eigenvalue weighted by molar-refractivity contribution is 8.09. The molecule has 4 aromatic rings. The zero-order valence-electron chi connectivity index (χ0n) is 24.3. The molecule has 2 heterocycles. The SMILES string of the molecule is COc1ccc2c(C(=O)c3ccc(OCCN4CCCCC4)cc3)c(-c3ccc(N(S(C)(=O)=O)S(C)(=O)=O)cc3)sc2c1. The summed E-state index contributed by atoms with van der Waals surface area (Å²) in [6, 6.07) is 18.7. The summed E-state index contributed by atoms with van der Waals surface area (Å²) in [6.45, 7) is 3.67. The third-order valence-electron chi connectivity index (χ3n) is 7.31. The van der Waals surface area contributed by atoms with Gasteiger partial charge in [0.15, 0.2) is 5.78 Å². The summed E-state index contributed by atoms with van der Waals surface area (Å²) in [5, 5.41) is 0.755. The fraction of sp³-hybridized carbons (Fsp3) is 0.323. The van der Waals surface area contributed by atoms with E-state index in [1.54, 1.807) is 49.6 Å². The average molecular weight is 643 g/mol. The van der Waals surface area contributed by atoms with Crippen molar-refractivity contribution in [2.24, 2.45) is 0 Å². The normalized spacial score (nSPS) is 14.5. The number of anilines is 1. The minimum absolute atomic E-state index is 0.0136. The second-order valence-corrected chi connectivity index (χ2v) is 15.5. The molecule has 0 aliphatic carbocycles. The van der Waals surface area contributed by atoms with Gasteiger partial charge in [-0.2, -0.15) is 3.71 Å². The van der Waals surface area contributed by atoms with E-state index in [4.69, 9.17) is 9.47 Å². The summed E-state index contributed by atoms with van der Waals surface area (Å²) in [5.41, 5.74) is 1.63. The highest BCUT2D eigenvalue weighted by Gasteiger charge is 2.28. The van der Waals surface area contributed by atoms with Gasteiger partial charge in [-0.25, -0.2) is 16.8 Å². The van der Waals surface area contributed by atoms with E-state index < -0.39 is 20.0 Å². The van der Waals surface area contributed by atoms with Crippen LogP contribution in [0.5, 0.6) is 11.5 Å². The summed E-state index contributed by atoms with van der Waals surface area (Å²) >= 11 is 1.40. The zero-order valence-corrected chi connectivity index (χ0v) is 26.7. The molecule has 3 aromatic carbocycles. The van der Waals surface area contributed by atoms with E-state index in [1.807, 2.05) is 12.1 Å². The third-order valence-corrected chi connectivity index (χ3v) is 11.8. The Balaban J connectivity index is 1.46. The van der Waals surface area contributed by atoms with Crippen LogP contribution in [-0.4, -0.2) is 73.4 Å². The Morgan fingerprint density at radius 1 is 0.860 bits per heavy atom. The van der Waals surface area contributed by atoms with E-state index in [-0.39, 0.29) is 11.5 Å². The molecule has 12 heteroatoms. The smallest absolute Gasteiger partial charge is 0.245 e. The number of nitrogens with zero attached hydrogens (tertiary/aromatic N) is 2. The number of hydrogen-bond acceptors (Lipinski definition) is 9. The predicted molar refractivity (Wildman–Crippen MR) is 172 cm³/mol. The number of thiophene rings is 1. The average Bonchev–Trinajstić information content (AvgIpc) is 3.35. The lowest BCUT2D eigenvalue weighted by Crippen LogP contribution is -2.35. The van der Waals surface area contributed by atoms with Crippen LogP contribution < -0.4 is 13.2 Å². The predicted octanol–water partition coefficient (Wildman–Crippen LogP) is 5.40. The van der Waals surface area contributed by atoms with Crippen molar-refractivity contribution >= 4 is 52.9 Å². The van der Waals surface area contributed by atoms with Crippen molar-refractivity contribution in [3.8, 4) is 21.9 Å². The van der Waals surface area contributed by atoms with Crippen molar-refractivity contribution in [1.82, 2.24) is 4.90 Å². The summed E-state index contributed by atoms with van der Waals surface area (Å²) in [7, 11) is -6.60. The first kappa shape index (κ1) is 31.0. The molecule has 1 aromatic heterocycles. The van der Waals surface area contributed by atoms with Gasteiger partial charge in [0.2, 0.25) is 20.0 Å². The van der Waals surface area contributed by atoms with Gasteiger partial charge in [-0.05, 0) is 86.1 Å². The van der Waals surface area contributed by atoms with Gasteiger partial charge in [0.05, 0.1) is 25.3 Å². The second kappa shape index (κ2) is 12.7. The van der Waals surface area contributed by atoms with Gasteiger partial charge in [0, 0.05) is 32.6 Å². The van der Waals surface area contributed by atoms with Gasteiger partial charge in [-0.15, -0.1) is 11.3 Å². The Bertz CT molecular complexity index is 1790. The molecule has 1 aliphatic rings. The highest BCUT2D eigenvalue weighted by Crippen LogP contribution is 2.42. The van der Waals surface area contributed by atoms with E-state index in [9.17, 15) is 21.6 Å². The van der Waals surface area contributed by atoms with Crippen molar-refractivity contribution in [3.63, 3.8) is 0 Å². The molecule has 5 rings (SSSR count). The molecular formula is C31H34N2O7S3. The number of rotatable bonds is 11. The Hall–Kier alpha value is -3.45. The molecule has 43 heavy (non-hydrogen) atoms. The Labute approximate surface area is 256 Å². The van der Waals surface area contributed by atoms with Crippen molar-refractivity contribution in [2.75, 3.05) is 49.6 Å². The van der Waals surface area contributed by atoms with Crippen LogP contribution in [0, 0.1) is 0 Å². The molecule has 0 spiro atoms. The van der Waals surface area contributed by atoms with Crippen molar-refractivity contribution < 1.29 is 31.1 Å². The summed E-state index contributed by atoms with van der Waals surface area (Å²) in [5.74, 6) is 1.17. The largest absolute Gasteiger partial charge is 0.497 e. The maximum atomic E-state index is 14.0. The maximum absolute atomic E-state index is 14.0. The number of methoxy groups -OCH3 is 1. The molecule has 0 unspecified atom stereocenters. The fourth-order valence-electron chi connectivity index (χ4n) is 5.32. The standard InChI is InChI=1S/C31H34N2O7S3/c1-39-26-15-16-27-28(21-26)41-31(23-7-11-24(12-8-23)33(42(2,35)36)43(3,37)38)29(27)30(34)22-9-13-25(14-10-22)40-20-19-32-17-5-4-6-18-32/h7-16,21H,4-6,17-20H2,1-3H3. The van der Waals surface area contributed by atoms with Crippen LogP contribution in [0.3, 0.4) is 0 Å². The van der Waals surface area contributed by atoms with Crippen LogP contribution in [0.1, 0.15) is 35.2 Å². The first-order valence-corrected chi connectivity index (χ1v) is 18.4. The van der Waals surface area contributed by atoms with E-state index >= 15 is 0 Å². The quantitative estimate of drug-likeness (QED) is 0.200. The minimum Gasteiger partial charge on any atom is -0.497 e. The first-order valence-electron chi connectivity index (χ1n) is 13.9. The molecule has 0 saturated carbocycles. The Morgan fingerprint density at radius 3 is 2.09 bits per heavy atom. The van der Waals surface area contributed by atoms with Gasteiger partial charge in [0.1, 0.15) is 18.1 Å². The Morgan fingerprint density at radius 2 is 1.49 bits per heavy atom. The monoisotopic (exact) mass is 642 g/mol. The van der Waals surface area contributed by atoms with Crippen LogP contribution >= 0.6 is 11.3 Å². The van der Waals surface area contributed by atoms with Crippen LogP contribution in [0.25, 0.3) is 20.5 Å². The number of carbonyl (C=O) groups excluding carboxylic acids is 1. The Kier molecular flexibility index (Phi) is 9.12. The van der Waals surface area contributed by atoms with Crippen LogP contribution in [-0.2, 0) is 20.0 Å². The molecule has 1 aliphatic heterocycles. The van der Waals surface area contributed by atoms with Gasteiger partial charge in [-0.3, -0.25) is 9.69 Å². The number of likely N-dealkylation sites (tertiary alicyclic amines) is 1. The van der Waals surface area contributed by atoms with E-state index in [2.05, 4.69) is 4.90 Å². The topological polar surface area (TPSA) is 110 Å². The van der Waals surface area contributed by atoms with E-state index in [0.29, 0.717) is 43.4 Å². The summed E-state index contributed by atoms with van der Waals surface area (Å²) in [4.78, 5) is 17.1.